The SMILES string of the molecule is CCN(CC)C(=O)CN(C)C(=O)COC(=O)c1ccc2c(c1)NC(=O)CCS2. The molecule has 1 aliphatic rings. The van der Waals surface area contributed by atoms with E-state index >= 15 is 0 Å². The number of carbonyl (C=O) groups is 4. The smallest absolute Gasteiger partial charge is 0.338 e. The van der Waals surface area contributed by atoms with Crippen LogP contribution in [0.25, 0.3) is 0 Å². The summed E-state index contributed by atoms with van der Waals surface area (Å²) in [4.78, 5) is 51.9. The third kappa shape index (κ3) is 5.72. The van der Waals surface area contributed by atoms with Crippen LogP contribution < -0.4 is 5.32 Å². The van der Waals surface area contributed by atoms with Crippen LogP contribution >= 0.6 is 11.8 Å². The second kappa shape index (κ2) is 10.1. The fourth-order valence-corrected chi connectivity index (χ4v) is 3.57. The van der Waals surface area contributed by atoms with Crippen LogP contribution in [0.4, 0.5) is 5.69 Å². The standard InChI is InChI=1S/C19H25N3O5S/c1-4-22(5-2)17(24)11-21(3)18(25)12-27-19(26)13-6-7-15-14(10-13)20-16(23)8-9-28-15/h6-7,10H,4-5,8-9,11-12H2,1-3H3,(H,20,23). The Balaban J connectivity index is 1.92. The number of rotatable bonds is 7. The number of ether oxygens (including phenoxy) is 1. The molecular formula is C19H25N3O5S. The predicted molar refractivity (Wildman–Crippen MR) is 106 cm³/mol. The molecule has 0 spiro atoms. The Bertz CT molecular complexity index is 764. The van der Waals surface area contributed by atoms with Crippen molar-refractivity contribution in [2.45, 2.75) is 25.2 Å². The van der Waals surface area contributed by atoms with Crippen LogP contribution in [0.1, 0.15) is 30.6 Å². The molecule has 2 rings (SSSR count). The van der Waals surface area contributed by atoms with Crippen LogP contribution in [0, 0.1) is 0 Å². The van der Waals surface area contributed by atoms with Gasteiger partial charge in [0.25, 0.3) is 5.91 Å². The van der Waals surface area contributed by atoms with Gasteiger partial charge in [-0.2, -0.15) is 0 Å². The minimum Gasteiger partial charge on any atom is -0.452 e. The largest absolute Gasteiger partial charge is 0.452 e. The first kappa shape index (κ1) is 21.7. The lowest BCUT2D eigenvalue weighted by Crippen LogP contribution is -2.42. The Hall–Kier alpha value is -2.55. The summed E-state index contributed by atoms with van der Waals surface area (Å²) in [6.45, 7) is 4.34. The molecule has 0 saturated heterocycles. The number of hydrogen-bond acceptors (Lipinski definition) is 6. The molecule has 0 atom stereocenters. The number of esters is 1. The van der Waals surface area contributed by atoms with E-state index in [0.29, 0.717) is 31.0 Å². The molecular weight excluding hydrogens is 382 g/mol. The van der Waals surface area contributed by atoms with Gasteiger partial charge in [-0.1, -0.05) is 0 Å². The molecule has 1 aliphatic heterocycles. The van der Waals surface area contributed by atoms with Crippen LogP contribution in [0.15, 0.2) is 23.1 Å². The van der Waals surface area contributed by atoms with Gasteiger partial charge >= 0.3 is 5.97 Å². The van der Waals surface area contributed by atoms with Gasteiger partial charge in [0.2, 0.25) is 11.8 Å². The average Bonchev–Trinajstić information content (AvgIpc) is 2.86. The number of nitrogens with one attached hydrogen (secondary N) is 1. The summed E-state index contributed by atoms with van der Waals surface area (Å²) >= 11 is 1.54. The van der Waals surface area contributed by atoms with Gasteiger partial charge in [-0.3, -0.25) is 14.4 Å². The molecule has 1 heterocycles. The van der Waals surface area contributed by atoms with Gasteiger partial charge in [-0.05, 0) is 32.0 Å². The molecule has 1 aromatic carbocycles. The number of anilines is 1. The van der Waals surface area contributed by atoms with Crippen LogP contribution in [-0.4, -0.2) is 72.5 Å². The highest BCUT2D eigenvalue weighted by atomic mass is 32.2. The van der Waals surface area contributed by atoms with E-state index in [1.165, 1.54) is 23.7 Å². The van der Waals surface area contributed by atoms with Crippen LogP contribution in [0.3, 0.4) is 0 Å². The van der Waals surface area contributed by atoms with Crippen LogP contribution in [-0.2, 0) is 19.1 Å². The first-order valence-corrected chi connectivity index (χ1v) is 10.1. The van der Waals surface area contributed by atoms with Gasteiger partial charge in [-0.25, -0.2) is 4.79 Å². The van der Waals surface area contributed by atoms with Gasteiger partial charge in [-0.15, -0.1) is 11.8 Å². The van der Waals surface area contributed by atoms with Crippen LogP contribution in [0.5, 0.6) is 0 Å². The molecule has 9 heteroatoms. The van der Waals surface area contributed by atoms with Gasteiger partial charge in [0.15, 0.2) is 6.61 Å². The van der Waals surface area contributed by atoms with Crippen molar-refractivity contribution in [2.24, 2.45) is 0 Å². The number of amides is 3. The summed E-state index contributed by atoms with van der Waals surface area (Å²) < 4.78 is 5.08. The summed E-state index contributed by atoms with van der Waals surface area (Å²) in [5.74, 6) is -0.719. The lowest BCUT2D eigenvalue weighted by Gasteiger charge is -2.23. The summed E-state index contributed by atoms with van der Waals surface area (Å²) in [6.07, 6.45) is 0.409. The summed E-state index contributed by atoms with van der Waals surface area (Å²) in [7, 11) is 1.49. The number of likely N-dealkylation sites (N-methyl/N-ethyl adjacent to an activating group) is 2. The zero-order chi connectivity index (χ0) is 20.7. The quantitative estimate of drug-likeness (QED) is 0.690. The number of carbonyl (C=O) groups excluding carboxylic acids is 4. The van der Waals surface area contributed by atoms with E-state index in [2.05, 4.69) is 5.32 Å². The normalized spacial score (nSPS) is 13.0. The van der Waals surface area contributed by atoms with Gasteiger partial charge in [0.05, 0.1) is 17.8 Å². The van der Waals surface area contributed by atoms with Crippen molar-refractivity contribution in [3.05, 3.63) is 23.8 Å². The Morgan fingerprint density at radius 2 is 1.89 bits per heavy atom. The lowest BCUT2D eigenvalue weighted by molar-refractivity contribution is -0.140. The number of benzene rings is 1. The molecule has 0 saturated carbocycles. The highest BCUT2D eigenvalue weighted by Gasteiger charge is 2.20. The molecule has 152 valence electrons. The number of nitrogens with zero attached hydrogens (tertiary/aromatic N) is 2. The Kier molecular flexibility index (Phi) is 7.86. The molecule has 1 N–H and O–H groups in total. The Labute approximate surface area is 168 Å². The molecule has 0 bridgehead atoms. The zero-order valence-electron chi connectivity index (χ0n) is 16.3. The topological polar surface area (TPSA) is 96.0 Å². The van der Waals surface area contributed by atoms with Crippen molar-refractivity contribution in [3.8, 4) is 0 Å². The van der Waals surface area contributed by atoms with Gasteiger partial charge < -0.3 is 19.9 Å². The maximum atomic E-state index is 12.3. The third-order valence-electron chi connectivity index (χ3n) is 4.32. The van der Waals surface area contributed by atoms with Crippen molar-refractivity contribution >= 4 is 41.1 Å². The third-order valence-corrected chi connectivity index (χ3v) is 5.39. The number of hydrogen-bond donors (Lipinski definition) is 1. The highest BCUT2D eigenvalue weighted by molar-refractivity contribution is 7.99. The molecule has 0 unspecified atom stereocenters. The lowest BCUT2D eigenvalue weighted by atomic mass is 10.2. The number of fused-ring (bicyclic) bond motifs is 1. The number of thioether (sulfide) groups is 1. The van der Waals surface area contributed by atoms with Crippen molar-refractivity contribution in [1.29, 1.82) is 0 Å². The summed E-state index contributed by atoms with van der Waals surface area (Å²) in [6, 6.07) is 4.90. The van der Waals surface area contributed by atoms with Crippen molar-refractivity contribution < 1.29 is 23.9 Å². The maximum absolute atomic E-state index is 12.3. The van der Waals surface area contributed by atoms with E-state index in [9.17, 15) is 19.2 Å². The van der Waals surface area contributed by atoms with E-state index in [4.69, 9.17) is 4.74 Å². The first-order chi connectivity index (χ1) is 13.3. The van der Waals surface area contributed by atoms with Crippen molar-refractivity contribution in [3.63, 3.8) is 0 Å². The van der Waals surface area contributed by atoms with Gasteiger partial charge in [0.1, 0.15) is 0 Å². The van der Waals surface area contributed by atoms with E-state index in [-0.39, 0.29) is 23.9 Å². The first-order valence-electron chi connectivity index (χ1n) is 9.11. The Morgan fingerprint density at radius 1 is 1.18 bits per heavy atom. The second-order valence-corrected chi connectivity index (χ2v) is 7.39. The monoisotopic (exact) mass is 407 g/mol. The summed E-state index contributed by atoms with van der Waals surface area (Å²) in [5, 5.41) is 2.76. The van der Waals surface area contributed by atoms with E-state index in [1.807, 2.05) is 13.8 Å². The minimum atomic E-state index is -0.664. The molecule has 8 nitrogen and oxygen atoms in total. The zero-order valence-corrected chi connectivity index (χ0v) is 17.1. The molecule has 3 amide bonds. The van der Waals surface area contributed by atoms with E-state index < -0.39 is 18.5 Å². The molecule has 0 radical (unpaired) electrons. The molecule has 0 aliphatic carbocycles. The fraction of sp³-hybridized carbons (Fsp3) is 0.474. The van der Waals surface area contributed by atoms with E-state index in [1.54, 1.807) is 23.1 Å². The minimum absolute atomic E-state index is 0.0693. The second-order valence-electron chi connectivity index (χ2n) is 6.25. The highest BCUT2D eigenvalue weighted by Crippen LogP contribution is 2.31. The van der Waals surface area contributed by atoms with Crippen LogP contribution in [0.2, 0.25) is 0 Å². The fourth-order valence-electron chi connectivity index (χ4n) is 2.64. The van der Waals surface area contributed by atoms with Gasteiger partial charge in [0, 0.05) is 37.2 Å². The Morgan fingerprint density at radius 3 is 2.57 bits per heavy atom. The van der Waals surface area contributed by atoms with Crippen molar-refractivity contribution in [2.75, 3.05) is 44.4 Å². The average molecular weight is 407 g/mol. The predicted octanol–water partition coefficient (Wildman–Crippen LogP) is 1.60. The molecule has 28 heavy (non-hydrogen) atoms. The molecule has 1 aromatic rings. The molecule has 0 aromatic heterocycles. The molecule has 0 fully saturated rings. The summed E-state index contributed by atoms with van der Waals surface area (Å²) in [5.41, 5.74) is 0.812. The van der Waals surface area contributed by atoms with Crippen molar-refractivity contribution in [1.82, 2.24) is 9.80 Å². The maximum Gasteiger partial charge on any atom is 0.338 e. The van der Waals surface area contributed by atoms with E-state index in [0.717, 1.165) is 4.90 Å².